The number of carbonyl (C=O) groups excluding carboxylic acids is 1. The number of para-hydroxylation sites is 2. The van der Waals surface area contributed by atoms with Crippen LogP contribution in [0.2, 0.25) is 0 Å². The predicted molar refractivity (Wildman–Crippen MR) is 120 cm³/mol. The van der Waals surface area contributed by atoms with E-state index in [1.165, 1.54) is 19.2 Å². The third-order valence-electron chi connectivity index (χ3n) is 5.35. The van der Waals surface area contributed by atoms with Gasteiger partial charge in [-0.2, -0.15) is 0 Å². The molecule has 3 rings (SSSR count). The molecule has 11 heteroatoms. The summed E-state index contributed by atoms with van der Waals surface area (Å²) in [6, 6.07) is 10.7. The van der Waals surface area contributed by atoms with E-state index in [4.69, 9.17) is 9.47 Å². The number of aliphatic hydroxyl groups is 1. The number of methoxy groups -OCH3 is 1. The van der Waals surface area contributed by atoms with Gasteiger partial charge in [0.1, 0.15) is 17.7 Å². The smallest absolute Gasteiger partial charge is 0.319 e. The monoisotopic (exact) mass is 481 g/mol. The van der Waals surface area contributed by atoms with Gasteiger partial charge in [0.25, 0.3) is 0 Å². The van der Waals surface area contributed by atoms with Gasteiger partial charge in [-0.3, -0.25) is 0 Å². The lowest BCUT2D eigenvalue weighted by Gasteiger charge is -2.36. The molecule has 9 nitrogen and oxygen atoms in total. The van der Waals surface area contributed by atoms with Gasteiger partial charge in [-0.15, -0.1) is 0 Å². The number of anilines is 1. The quantitative estimate of drug-likeness (QED) is 0.435. The number of urea groups is 1. The minimum atomic E-state index is -3.76. The second kappa shape index (κ2) is 11.4. The zero-order chi connectivity index (χ0) is 23.8. The van der Waals surface area contributed by atoms with Gasteiger partial charge in [0.2, 0.25) is 10.0 Å². The molecule has 0 aliphatic carbocycles. The number of benzene rings is 2. The Bertz CT molecular complexity index is 1030. The maximum atomic E-state index is 13.0. The van der Waals surface area contributed by atoms with Crippen LogP contribution in [-0.4, -0.2) is 58.1 Å². The number of nitrogens with one attached hydrogen (secondary N) is 3. The Balaban J connectivity index is 1.48. The van der Waals surface area contributed by atoms with Crippen LogP contribution in [-0.2, 0) is 14.8 Å². The Labute approximate surface area is 192 Å². The van der Waals surface area contributed by atoms with Crippen LogP contribution in [0, 0.1) is 5.82 Å². The molecule has 1 aliphatic rings. The number of ether oxygens (including phenoxy) is 2. The molecule has 2 amide bonds. The van der Waals surface area contributed by atoms with Crippen molar-refractivity contribution in [2.24, 2.45) is 0 Å². The van der Waals surface area contributed by atoms with Crippen molar-refractivity contribution in [3.05, 3.63) is 54.3 Å². The van der Waals surface area contributed by atoms with E-state index < -0.39 is 34.0 Å². The van der Waals surface area contributed by atoms with Gasteiger partial charge in [0.15, 0.2) is 0 Å². The topological polar surface area (TPSA) is 126 Å². The molecular formula is C22H28FN3O6S. The maximum Gasteiger partial charge on any atom is 0.319 e. The fourth-order valence-corrected chi connectivity index (χ4v) is 4.68. The van der Waals surface area contributed by atoms with Gasteiger partial charge < -0.3 is 25.2 Å². The van der Waals surface area contributed by atoms with Crippen LogP contribution in [0.1, 0.15) is 19.3 Å². The molecule has 1 fully saturated rings. The second-order valence-corrected chi connectivity index (χ2v) is 9.37. The standard InChI is InChI=1S/C22H28FN3O6S/c1-31-20-5-3-2-4-18(20)25-22(28)26-19-11-8-16(32-21(19)14-27)12-13-24-33(29,30)17-9-6-15(23)7-10-17/h2-7,9-10,16,19,21,24,27H,8,11-14H2,1H3,(H2,25,26,28)/t16-,19-,21-/m1/s1. The van der Waals surface area contributed by atoms with Gasteiger partial charge in [0.05, 0.1) is 36.4 Å². The Morgan fingerprint density at radius 2 is 1.91 bits per heavy atom. The van der Waals surface area contributed by atoms with Crippen LogP contribution in [0.3, 0.4) is 0 Å². The van der Waals surface area contributed by atoms with Crippen molar-refractivity contribution in [3.63, 3.8) is 0 Å². The van der Waals surface area contributed by atoms with E-state index in [0.29, 0.717) is 30.7 Å². The fourth-order valence-electron chi connectivity index (χ4n) is 3.64. The average Bonchev–Trinajstić information content (AvgIpc) is 2.80. The summed E-state index contributed by atoms with van der Waals surface area (Å²) in [7, 11) is -2.25. The van der Waals surface area contributed by atoms with Crippen molar-refractivity contribution in [2.45, 2.75) is 42.4 Å². The van der Waals surface area contributed by atoms with Crippen molar-refractivity contribution in [1.82, 2.24) is 10.0 Å². The molecule has 180 valence electrons. The Morgan fingerprint density at radius 1 is 1.18 bits per heavy atom. The van der Waals surface area contributed by atoms with Crippen molar-refractivity contribution >= 4 is 21.7 Å². The highest BCUT2D eigenvalue weighted by Gasteiger charge is 2.32. The van der Waals surface area contributed by atoms with Crippen LogP contribution < -0.4 is 20.1 Å². The second-order valence-electron chi connectivity index (χ2n) is 7.60. The zero-order valence-electron chi connectivity index (χ0n) is 18.2. The summed E-state index contributed by atoms with van der Waals surface area (Å²) in [6.07, 6.45) is 0.611. The first-order valence-corrected chi connectivity index (χ1v) is 12.0. The molecule has 0 saturated carbocycles. The van der Waals surface area contributed by atoms with Crippen LogP contribution in [0.5, 0.6) is 5.75 Å². The summed E-state index contributed by atoms with van der Waals surface area (Å²) in [4.78, 5) is 12.4. The molecule has 1 heterocycles. The molecule has 0 aromatic heterocycles. The number of rotatable bonds is 9. The molecule has 1 saturated heterocycles. The van der Waals surface area contributed by atoms with Gasteiger partial charge in [-0.1, -0.05) is 12.1 Å². The maximum absolute atomic E-state index is 13.0. The van der Waals surface area contributed by atoms with E-state index in [-0.39, 0.29) is 24.2 Å². The lowest BCUT2D eigenvalue weighted by Crippen LogP contribution is -2.52. The average molecular weight is 482 g/mol. The number of aliphatic hydroxyl groups excluding tert-OH is 1. The lowest BCUT2D eigenvalue weighted by atomic mass is 9.97. The highest BCUT2D eigenvalue weighted by molar-refractivity contribution is 7.89. The van der Waals surface area contributed by atoms with E-state index in [2.05, 4.69) is 15.4 Å². The molecule has 1 aliphatic heterocycles. The van der Waals surface area contributed by atoms with Crippen LogP contribution in [0.25, 0.3) is 0 Å². The van der Waals surface area contributed by atoms with Crippen molar-refractivity contribution in [1.29, 1.82) is 0 Å². The molecule has 0 radical (unpaired) electrons. The highest BCUT2D eigenvalue weighted by Crippen LogP contribution is 2.24. The Kier molecular flexibility index (Phi) is 8.61. The largest absolute Gasteiger partial charge is 0.495 e. The van der Waals surface area contributed by atoms with Crippen molar-refractivity contribution in [3.8, 4) is 5.75 Å². The van der Waals surface area contributed by atoms with E-state index >= 15 is 0 Å². The van der Waals surface area contributed by atoms with E-state index in [1.807, 2.05) is 0 Å². The number of hydrogen-bond acceptors (Lipinski definition) is 6. The summed E-state index contributed by atoms with van der Waals surface area (Å²) in [6.45, 7) is -0.174. The van der Waals surface area contributed by atoms with Crippen molar-refractivity contribution < 1.29 is 32.2 Å². The number of hydrogen-bond donors (Lipinski definition) is 4. The van der Waals surface area contributed by atoms with Gasteiger partial charge >= 0.3 is 6.03 Å². The van der Waals surface area contributed by atoms with Crippen molar-refractivity contribution in [2.75, 3.05) is 25.6 Å². The first kappa shape index (κ1) is 24.9. The molecule has 33 heavy (non-hydrogen) atoms. The first-order chi connectivity index (χ1) is 15.8. The number of halogens is 1. The van der Waals surface area contributed by atoms with Crippen LogP contribution >= 0.6 is 0 Å². The minimum absolute atomic E-state index is 0.0213. The molecule has 2 aromatic rings. The number of amides is 2. The van der Waals surface area contributed by atoms with E-state index in [1.54, 1.807) is 24.3 Å². The highest BCUT2D eigenvalue weighted by atomic mass is 32.2. The van der Waals surface area contributed by atoms with Crippen LogP contribution in [0.15, 0.2) is 53.4 Å². The van der Waals surface area contributed by atoms with E-state index in [0.717, 1.165) is 12.1 Å². The Morgan fingerprint density at radius 3 is 2.61 bits per heavy atom. The summed E-state index contributed by atoms with van der Waals surface area (Å²) in [5.74, 6) is 0.00811. The SMILES string of the molecule is COc1ccccc1NC(=O)N[C@@H]1CC[C@H](CCNS(=O)(=O)c2ccc(F)cc2)O[C@@H]1CO. The van der Waals surface area contributed by atoms with Gasteiger partial charge in [-0.05, 0) is 55.7 Å². The summed E-state index contributed by atoms with van der Waals surface area (Å²) in [5, 5.41) is 15.3. The molecule has 4 N–H and O–H groups in total. The van der Waals surface area contributed by atoms with Crippen LogP contribution in [0.4, 0.5) is 14.9 Å². The van der Waals surface area contributed by atoms with E-state index in [9.17, 15) is 22.7 Å². The molecule has 2 aromatic carbocycles. The molecule has 3 atom stereocenters. The Hall–Kier alpha value is -2.73. The molecule has 0 bridgehead atoms. The van der Waals surface area contributed by atoms with Gasteiger partial charge in [0, 0.05) is 6.54 Å². The molecular weight excluding hydrogens is 453 g/mol. The third kappa shape index (κ3) is 6.87. The summed E-state index contributed by atoms with van der Waals surface area (Å²) < 4.78 is 51.2. The lowest BCUT2D eigenvalue weighted by molar-refractivity contribution is -0.0884. The molecule has 0 unspecified atom stereocenters. The number of carbonyl (C=O) groups is 1. The van der Waals surface area contributed by atoms with Gasteiger partial charge in [-0.25, -0.2) is 22.3 Å². The third-order valence-corrected chi connectivity index (χ3v) is 6.83. The fraction of sp³-hybridized carbons (Fsp3) is 0.409. The normalized spacial score (nSPS) is 20.8. The molecule has 0 spiro atoms. The number of sulfonamides is 1. The minimum Gasteiger partial charge on any atom is -0.495 e. The first-order valence-electron chi connectivity index (χ1n) is 10.5. The predicted octanol–water partition coefficient (Wildman–Crippen LogP) is 2.23. The summed E-state index contributed by atoms with van der Waals surface area (Å²) in [5.41, 5.74) is 0.515. The summed E-state index contributed by atoms with van der Waals surface area (Å²) >= 11 is 0. The zero-order valence-corrected chi connectivity index (χ0v) is 19.0.